The van der Waals surface area contributed by atoms with Crippen LogP contribution in [0.3, 0.4) is 0 Å². The lowest BCUT2D eigenvalue weighted by atomic mass is 10.1. The van der Waals surface area contributed by atoms with Crippen molar-refractivity contribution >= 4 is 23.1 Å². The molecule has 4 heterocycles. The summed E-state index contributed by atoms with van der Waals surface area (Å²) in [7, 11) is 0. The van der Waals surface area contributed by atoms with Gasteiger partial charge in [-0.1, -0.05) is 0 Å². The molecule has 1 aromatic carbocycles. The maximum atomic E-state index is 13.9. The number of nitrogens with one attached hydrogen (secondary N) is 1. The molecule has 2 saturated heterocycles. The van der Waals surface area contributed by atoms with Gasteiger partial charge in [0.25, 0.3) is 0 Å². The van der Waals surface area contributed by atoms with E-state index in [-0.39, 0.29) is 11.9 Å². The molecular weight excluding hydrogens is 402 g/mol. The minimum Gasteiger partial charge on any atom is -0.369 e. The van der Waals surface area contributed by atoms with E-state index < -0.39 is 17.2 Å². The number of nitriles is 1. The van der Waals surface area contributed by atoms with E-state index in [1.165, 1.54) is 12.1 Å². The van der Waals surface area contributed by atoms with Crippen LogP contribution < -0.4 is 15.1 Å². The molecule has 0 spiro atoms. The topological polar surface area (TPSA) is 75.5 Å². The summed E-state index contributed by atoms with van der Waals surface area (Å²) in [6, 6.07) is 5.89. The van der Waals surface area contributed by atoms with E-state index in [9.17, 15) is 13.6 Å². The van der Waals surface area contributed by atoms with E-state index in [2.05, 4.69) is 20.1 Å². The lowest BCUT2D eigenvalue weighted by Crippen LogP contribution is -2.46. The van der Waals surface area contributed by atoms with Crippen molar-refractivity contribution in [2.24, 2.45) is 0 Å². The van der Waals surface area contributed by atoms with Crippen LogP contribution >= 0.6 is 0 Å². The normalized spacial score (nSPS) is 20.8. The van der Waals surface area contributed by atoms with Gasteiger partial charge in [-0.2, -0.15) is 5.26 Å². The molecule has 3 aliphatic heterocycles. The number of hydrogen-bond donors (Lipinski definition) is 1. The summed E-state index contributed by atoms with van der Waals surface area (Å²) in [6.07, 6.45) is 3.73. The largest absolute Gasteiger partial charge is 0.369 e. The van der Waals surface area contributed by atoms with Crippen LogP contribution in [0.1, 0.15) is 24.0 Å². The lowest BCUT2D eigenvalue weighted by molar-refractivity contribution is -0.117. The highest BCUT2D eigenvalue weighted by Crippen LogP contribution is 2.35. The van der Waals surface area contributed by atoms with E-state index in [0.29, 0.717) is 25.3 Å². The number of benzene rings is 1. The van der Waals surface area contributed by atoms with Gasteiger partial charge in [0.05, 0.1) is 5.69 Å². The number of carbonyl (C=O) groups is 1. The molecule has 160 valence electrons. The van der Waals surface area contributed by atoms with Crippen LogP contribution in [-0.2, 0) is 11.3 Å². The molecule has 1 aromatic heterocycles. The molecule has 7 nitrogen and oxygen atoms in total. The number of rotatable bonds is 3. The van der Waals surface area contributed by atoms with Crippen molar-refractivity contribution in [3.63, 3.8) is 0 Å². The van der Waals surface area contributed by atoms with Crippen molar-refractivity contribution in [3.8, 4) is 6.07 Å². The Morgan fingerprint density at radius 1 is 1.13 bits per heavy atom. The average molecular weight is 424 g/mol. The predicted molar refractivity (Wildman–Crippen MR) is 112 cm³/mol. The van der Waals surface area contributed by atoms with Gasteiger partial charge in [0.15, 0.2) is 5.82 Å². The molecule has 0 radical (unpaired) electrons. The molecule has 0 bridgehead atoms. The molecular formula is C22H22F2N6O. The first-order valence-electron chi connectivity index (χ1n) is 10.5. The van der Waals surface area contributed by atoms with Gasteiger partial charge >= 0.3 is 0 Å². The summed E-state index contributed by atoms with van der Waals surface area (Å²) in [6.45, 7) is 4.23. The molecule has 2 fully saturated rings. The Kier molecular flexibility index (Phi) is 4.94. The smallest absolute Gasteiger partial charge is 0.247 e. The van der Waals surface area contributed by atoms with E-state index in [0.717, 1.165) is 49.5 Å². The summed E-state index contributed by atoms with van der Waals surface area (Å²) in [4.78, 5) is 23.2. The fourth-order valence-corrected chi connectivity index (χ4v) is 4.69. The number of halogens is 2. The second-order valence-corrected chi connectivity index (χ2v) is 8.21. The van der Waals surface area contributed by atoms with Crippen LogP contribution in [0, 0.1) is 23.0 Å². The molecule has 1 unspecified atom stereocenters. The van der Waals surface area contributed by atoms with Crippen molar-refractivity contribution < 1.29 is 13.6 Å². The summed E-state index contributed by atoms with van der Waals surface area (Å²) in [5.74, 6) is -0.773. The van der Waals surface area contributed by atoms with E-state index in [4.69, 9.17) is 5.26 Å². The summed E-state index contributed by atoms with van der Waals surface area (Å²) in [5, 5.41) is 11.8. The standard InChI is InChI=1S/C22H22F2N6O/c23-17-9-15(10-18(24)16(17)11-25)29-6-4-28(5-7-29)13-14-8-19-21(26-12-14)30-3-1-2-20(30)22(31)27-19/h8-10,12,20H,1-7,13H2,(H,27,31). The van der Waals surface area contributed by atoms with Crippen molar-refractivity contribution in [2.75, 3.05) is 47.8 Å². The maximum Gasteiger partial charge on any atom is 0.247 e. The molecule has 5 rings (SSSR count). The molecule has 1 N–H and O–H groups in total. The van der Waals surface area contributed by atoms with Gasteiger partial charge in [-0.25, -0.2) is 13.8 Å². The second kappa shape index (κ2) is 7.78. The minimum atomic E-state index is -0.831. The van der Waals surface area contributed by atoms with Crippen molar-refractivity contribution in [3.05, 3.63) is 47.2 Å². The van der Waals surface area contributed by atoms with Gasteiger partial charge < -0.3 is 15.1 Å². The molecule has 0 saturated carbocycles. The first-order chi connectivity index (χ1) is 15.0. The summed E-state index contributed by atoms with van der Waals surface area (Å²) >= 11 is 0. The highest BCUT2D eigenvalue weighted by atomic mass is 19.1. The fraction of sp³-hybridized carbons (Fsp3) is 0.409. The number of hydrogen-bond acceptors (Lipinski definition) is 6. The van der Waals surface area contributed by atoms with Crippen LogP contribution in [0.5, 0.6) is 0 Å². The van der Waals surface area contributed by atoms with Gasteiger partial charge in [0.1, 0.15) is 29.3 Å². The first kappa shape index (κ1) is 19.7. The first-order valence-corrected chi connectivity index (χ1v) is 10.5. The number of amides is 1. The maximum absolute atomic E-state index is 13.9. The Morgan fingerprint density at radius 2 is 1.87 bits per heavy atom. The van der Waals surface area contributed by atoms with Crippen LogP contribution in [-0.4, -0.2) is 54.6 Å². The summed E-state index contributed by atoms with van der Waals surface area (Å²) in [5.41, 5.74) is 1.69. The molecule has 0 aliphatic carbocycles. The van der Waals surface area contributed by atoms with Crippen LogP contribution in [0.4, 0.5) is 26.0 Å². The molecule has 3 aliphatic rings. The Labute approximate surface area is 178 Å². The number of pyridine rings is 1. The van der Waals surface area contributed by atoms with Crippen LogP contribution in [0.15, 0.2) is 24.4 Å². The minimum absolute atomic E-state index is 0.0412. The zero-order valence-electron chi connectivity index (χ0n) is 16.9. The molecule has 9 heteroatoms. The van der Waals surface area contributed by atoms with E-state index >= 15 is 0 Å². The average Bonchev–Trinajstić information content (AvgIpc) is 3.25. The highest BCUT2D eigenvalue weighted by molar-refractivity contribution is 6.03. The fourth-order valence-electron chi connectivity index (χ4n) is 4.69. The van der Waals surface area contributed by atoms with Gasteiger partial charge in [-0.15, -0.1) is 0 Å². The van der Waals surface area contributed by atoms with Crippen LogP contribution in [0.2, 0.25) is 0 Å². The van der Waals surface area contributed by atoms with Crippen molar-refractivity contribution in [1.29, 1.82) is 5.26 Å². The Morgan fingerprint density at radius 3 is 2.58 bits per heavy atom. The lowest BCUT2D eigenvalue weighted by Gasteiger charge is -2.36. The Hall–Kier alpha value is -3.25. The Balaban J connectivity index is 1.24. The highest BCUT2D eigenvalue weighted by Gasteiger charge is 2.37. The quantitative estimate of drug-likeness (QED) is 0.816. The second-order valence-electron chi connectivity index (χ2n) is 8.21. The molecule has 31 heavy (non-hydrogen) atoms. The van der Waals surface area contributed by atoms with Gasteiger partial charge in [0, 0.05) is 51.2 Å². The predicted octanol–water partition coefficient (Wildman–Crippen LogP) is 2.47. The Bertz CT molecular complexity index is 1050. The number of fused-ring (bicyclic) bond motifs is 3. The van der Waals surface area contributed by atoms with Gasteiger partial charge in [-0.05, 0) is 36.6 Å². The number of anilines is 3. The number of carbonyl (C=O) groups excluding carboxylic acids is 1. The number of aromatic nitrogens is 1. The SMILES string of the molecule is N#Cc1c(F)cc(N2CCN(Cc3cnc4c(c3)NC(=O)C3CCCN43)CC2)cc1F. The van der Waals surface area contributed by atoms with E-state index in [1.54, 1.807) is 6.07 Å². The third kappa shape index (κ3) is 3.57. The zero-order valence-corrected chi connectivity index (χ0v) is 16.9. The van der Waals surface area contributed by atoms with Crippen molar-refractivity contribution in [1.82, 2.24) is 9.88 Å². The van der Waals surface area contributed by atoms with Gasteiger partial charge in [-0.3, -0.25) is 9.69 Å². The monoisotopic (exact) mass is 424 g/mol. The van der Waals surface area contributed by atoms with Crippen molar-refractivity contribution in [2.45, 2.75) is 25.4 Å². The summed E-state index contributed by atoms with van der Waals surface area (Å²) < 4.78 is 27.9. The zero-order chi connectivity index (χ0) is 21.5. The number of nitrogens with zero attached hydrogens (tertiary/aromatic N) is 5. The molecule has 2 aromatic rings. The third-order valence-corrected chi connectivity index (χ3v) is 6.29. The van der Waals surface area contributed by atoms with E-state index in [1.807, 2.05) is 17.2 Å². The molecule has 1 atom stereocenters. The molecule has 1 amide bonds. The third-order valence-electron chi connectivity index (χ3n) is 6.29. The van der Waals surface area contributed by atoms with Gasteiger partial charge in [0.2, 0.25) is 5.91 Å². The number of piperazine rings is 1. The van der Waals surface area contributed by atoms with Crippen LogP contribution in [0.25, 0.3) is 0 Å².